The van der Waals surface area contributed by atoms with Crippen LogP contribution in [0.1, 0.15) is 40.9 Å². The molecule has 0 saturated carbocycles. The maximum Gasteiger partial charge on any atom is 0.223 e. The summed E-state index contributed by atoms with van der Waals surface area (Å²) in [5.41, 5.74) is 3.49. The van der Waals surface area contributed by atoms with Gasteiger partial charge in [-0.3, -0.25) is 9.80 Å². The summed E-state index contributed by atoms with van der Waals surface area (Å²) in [6.07, 6.45) is 0.649. The fourth-order valence-electron chi connectivity index (χ4n) is 3.42. The molecule has 2 heterocycles. The van der Waals surface area contributed by atoms with Crippen LogP contribution in [0.3, 0.4) is 0 Å². The molecule has 2 aromatic rings. The minimum absolute atomic E-state index is 0.441. The number of aliphatic hydroxyl groups excluding tert-OH is 1. The molecular formula is C19H28N4O2. The van der Waals surface area contributed by atoms with E-state index in [1.54, 1.807) is 0 Å². The molecule has 3 rings (SSSR count). The minimum atomic E-state index is -0.441. The van der Waals surface area contributed by atoms with E-state index in [0.29, 0.717) is 25.0 Å². The van der Waals surface area contributed by atoms with Gasteiger partial charge in [-0.05, 0) is 50.6 Å². The number of likely N-dealkylation sites (tertiary alicyclic amines) is 1. The van der Waals surface area contributed by atoms with Crippen LogP contribution in [0.5, 0.6) is 0 Å². The van der Waals surface area contributed by atoms with Gasteiger partial charge in [0.05, 0.1) is 12.6 Å². The number of hydrogen-bond donors (Lipinski definition) is 1. The van der Waals surface area contributed by atoms with Gasteiger partial charge in [-0.1, -0.05) is 23.4 Å². The van der Waals surface area contributed by atoms with E-state index in [0.717, 1.165) is 30.9 Å². The van der Waals surface area contributed by atoms with E-state index in [2.05, 4.69) is 53.0 Å². The lowest BCUT2D eigenvalue weighted by Gasteiger charge is -2.24. The molecule has 1 aliphatic rings. The number of nitrogens with zero attached hydrogens (tertiary/aromatic N) is 4. The van der Waals surface area contributed by atoms with E-state index in [1.165, 1.54) is 11.1 Å². The molecule has 1 aromatic carbocycles. The molecule has 0 bridgehead atoms. The zero-order valence-electron chi connectivity index (χ0n) is 15.6. The number of hydrogen-bond acceptors (Lipinski definition) is 6. The van der Waals surface area contributed by atoms with Crippen molar-refractivity contribution in [2.24, 2.45) is 0 Å². The molecule has 0 spiro atoms. The molecule has 1 aliphatic heterocycles. The van der Waals surface area contributed by atoms with Gasteiger partial charge in [0.2, 0.25) is 5.89 Å². The summed E-state index contributed by atoms with van der Waals surface area (Å²) in [6, 6.07) is 6.66. The van der Waals surface area contributed by atoms with Gasteiger partial charge in [-0.2, -0.15) is 4.98 Å². The van der Waals surface area contributed by atoms with Gasteiger partial charge < -0.3 is 9.63 Å². The Morgan fingerprint density at radius 2 is 2.12 bits per heavy atom. The fraction of sp³-hybridized carbons (Fsp3) is 0.579. The normalized spacial score (nSPS) is 19.7. The quantitative estimate of drug-likeness (QED) is 0.867. The highest BCUT2D eigenvalue weighted by atomic mass is 16.5. The number of rotatable bonds is 6. The predicted octanol–water partition coefficient (Wildman–Crippen LogP) is 2.23. The highest BCUT2D eigenvalue weighted by molar-refractivity contribution is 5.31. The second-order valence-electron chi connectivity index (χ2n) is 7.21. The Morgan fingerprint density at radius 1 is 1.32 bits per heavy atom. The average molecular weight is 344 g/mol. The summed E-state index contributed by atoms with van der Waals surface area (Å²) < 4.78 is 5.04. The Labute approximate surface area is 149 Å². The van der Waals surface area contributed by atoms with Crippen molar-refractivity contribution < 1.29 is 9.63 Å². The molecule has 0 amide bonds. The number of benzene rings is 1. The van der Waals surface area contributed by atoms with Crippen LogP contribution in [0.25, 0.3) is 0 Å². The second-order valence-corrected chi connectivity index (χ2v) is 7.21. The molecule has 0 aliphatic carbocycles. The zero-order valence-corrected chi connectivity index (χ0v) is 15.6. The summed E-state index contributed by atoms with van der Waals surface area (Å²) in [4.78, 5) is 8.88. The molecule has 1 fully saturated rings. The van der Waals surface area contributed by atoms with Crippen LogP contribution >= 0.6 is 0 Å². The Balaban J connectivity index is 1.52. The van der Waals surface area contributed by atoms with Gasteiger partial charge in [-0.15, -0.1) is 0 Å². The van der Waals surface area contributed by atoms with E-state index in [9.17, 15) is 5.11 Å². The molecule has 1 saturated heterocycles. The van der Waals surface area contributed by atoms with Gasteiger partial charge in [0.1, 0.15) is 0 Å². The van der Waals surface area contributed by atoms with Gasteiger partial charge in [-0.25, -0.2) is 0 Å². The Hall–Kier alpha value is -1.76. The summed E-state index contributed by atoms with van der Waals surface area (Å²) in [5.74, 6) is 1.33. The minimum Gasteiger partial charge on any atom is -0.387 e. The van der Waals surface area contributed by atoms with E-state index in [1.807, 2.05) is 13.0 Å². The topological polar surface area (TPSA) is 65.6 Å². The largest absolute Gasteiger partial charge is 0.387 e. The number of aryl methyl sites for hydroxylation is 3. The maximum atomic E-state index is 10.6. The van der Waals surface area contributed by atoms with Crippen molar-refractivity contribution in [3.05, 3.63) is 46.6 Å². The van der Waals surface area contributed by atoms with Crippen molar-refractivity contribution >= 4 is 0 Å². The summed E-state index contributed by atoms with van der Waals surface area (Å²) >= 11 is 0. The fourth-order valence-corrected chi connectivity index (χ4v) is 3.42. The van der Waals surface area contributed by atoms with Crippen LogP contribution in [-0.2, 0) is 6.54 Å². The van der Waals surface area contributed by atoms with Gasteiger partial charge >= 0.3 is 0 Å². The SMILES string of the molecule is Cc1nc(CN(C)[C@H]2CCN(C[C@@H](O)c3ccc(C)c(C)c3)C2)no1. The second kappa shape index (κ2) is 7.64. The van der Waals surface area contributed by atoms with Crippen molar-refractivity contribution in [2.75, 3.05) is 26.7 Å². The highest BCUT2D eigenvalue weighted by Crippen LogP contribution is 2.22. The molecule has 1 aromatic heterocycles. The number of β-amino-alcohol motifs (C(OH)–C–C–N with tert-alkyl or cyclic N) is 1. The highest BCUT2D eigenvalue weighted by Gasteiger charge is 2.28. The van der Waals surface area contributed by atoms with Crippen molar-refractivity contribution in [1.82, 2.24) is 19.9 Å². The number of aliphatic hydroxyl groups is 1. The van der Waals surface area contributed by atoms with Crippen molar-refractivity contribution in [3.8, 4) is 0 Å². The van der Waals surface area contributed by atoms with Gasteiger partial charge in [0, 0.05) is 26.1 Å². The molecule has 6 nitrogen and oxygen atoms in total. The molecule has 6 heteroatoms. The molecular weight excluding hydrogens is 316 g/mol. The monoisotopic (exact) mass is 344 g/mol. The van der Waals surface area contributed by atoms with Crippen LogP contribution in [0, 0.1) is 20.8 Å². The van der Waals surface area contributed by atoms with Crippen LogP contribution in [-0.4, -0.2) is 57.8 Å². The van der Waals surface area contributed by atoms with Crippen LogP contribution in [0.4, 0.5) is 0 Å². The van der Waals surface area contributed by atoms with Crippen molar-refractivity contribution in [3.63, 3.8) is 0 Å². The van der Waals surface area contributed by atoms with Gasteiger partial charge in [0.25, 0.3) is 0 Å². The van der Waals surface area contributed by atoms with E-state index >= 15 is 0 Å². The van der Waals surface area contributed by atoms with Gasteiger partial charge in [0.15, 0.2) is 5.82 Å². The first kappa shape index (κ1) is 18.0. The number of likely N-dealkylation sites (N-methyl/N-ethyl adjacent to an activating group) is 1. The lowest BCUT2D eigenvalue weighted by molar-refractivity contribution is 0.120. The average Bonchev–Trinajstić information content (AvgIpc) is 3.19. The van der Waals surface area contributed by atoms with Crippen molar-refractivity contribution in [1.29, 1.82) is 0 Å². The molecule has 0 radical (unpaired) electrons. The van der Waals surface area contributed by atoms with E-state index in [-0.39, 0.29) is 0 Å². The lowest BCUT2D eigenvalue weighted by atomic mass is 10.0. The van der Waals surface area contributed by atoms with Crippen LogP contribution in [0.2, 0.25) is 0 Å². The smallest absolute Gasteiger partial charge is 0.223 e. The standard InChI is InChI=1S/C19H28N4O2/c1-13-5-6-16(9-14(13)2)18(24)11-23-8-7-17(10-23)22(4)12-19-20-15(3)25-21-19/h5-6,9,17-18,24H,7-8,10-12H2,1-4H3/t17-,18+/m0/s1. The molecule has 25 heavy (non-hydrogen) atoms. The molecule has 136 valence electrons. The van der Waals surface area contributed by atoms with Crippen molar-refractivity contribution in [2.45, 2.75) is 45.9 Å². The summed E-state index contributed by atoms with van der Waals surface area (Å²) in [7, 11) is 2.10. The zero-order chi connectivity index (χ0) is 18.0. The maximum absolute atomic E-state index is 10.6. The van der Waals surface area contributed by atoms with Crippen LogP contribution < -0.4 is 0 Å². The molecule has 0 unspecified atom stereocenters. The predicted molar refractivity (Wildman–Crippen MR) is 96.2 cm³/mol. The third kappa shape index (κ3) is 4.45. The van der Waals surface area contributed by atoms with E-state index in [4.69, 9.17) is 4.52 Å². The first-order valence-electron chi connectivity index (χ1n) is 8.89. The summed E-state index contributed by atoms with van der Waals surface area (Å²) in [6.45, 7) is 9.31. The first-order chi connectivity index (χ1) is 11.9. The van der Waals surface area contributed by atoms with E-state index < -0.39 is 6.10 Å². The Morgan fingerprint density at radius 3 is 2.80 bits per heavy atom. The first-order valence-corrected chi connectivity index (χ1v) is 8.89. The Bertz CT molecular complexity index is 715. The molecule has 2 atom stereocenters. The summed E-state index contributed by atoms with van der Waals surface area (Å²) in [5, 5.41) is 14.5. The Kier molecular flexibility index (Phi) is 5.51. The molecule has 1 N–H and O–H groups in total. The number of aromatic nitrogens is 2. The third-order valence-electron chi connectivity index (χ3n) is 5.18. The van der Waals surface area contributed by atoms with Crippen LogP contribution in [0.15, 0.2) is 22.7 Å². The third-order valence-corrected chi connectivity index (χ3v) is 5.18. The lowest BCUT2D eigenvalue weighted by Crippen LogP contribution is -2.35.